The first-order valence-corrected chi connectivity index (χ1v) is 6.77. The van der Waals surface area contributed by atoms with E-state index in [4.69, 9.17) is 0 Å². The maximum atomic E-state index is 4.49. The van der Waals surface area contributed by atoms with Crippen LogP contribution in [0.5, 0.6) is 0 Å². The van der Waals surface area contributed by atoms with Gasteiger partial charge in [-0.1, -0.05) is 24.3 Å². The molecule has 0 amide bonds. The number of nitrogens with zero attached hydrogens (tertiary/aromatic N) is 4. The van der Waals surface area contributed by atoms with Gasteiger partial charge < -0.3 is 0 Å². The Hall–Kier alpha value is -2.62. The molecule has 4 heterocycles. The zero-order valence-corrected chi connectivity index (χ0v) is 11.1. The minimum absolute atomic E-state index is 0.937. The van der Waals surface area contributed by atoms with Gasteiger partial charge in [0.05, 0.1) is 26.0 Å². The summed E-state index contributed by atoms with van der Waals surface area (Å²) in [6, 6.07) is 12.7. The Labute approximate surface area is 115 Å². The molecular weight excluding hydrogens is 248 g/mol. The van der Waals surface area contributed by atoms with Crippen molar-refractivity contribution >= 4 is 16.9 Å². The Morgan fingerprint density at radius 3 is 3.00 bits per heavy atom. The lowest BCUT2D eigenvalue weighted by Gasteiger charge is -1.94. The average molecular weight is 261 g/mol. The van der Waals surface area contributed by atoms with E-state index in [-0.39, 0.29) is 0 Å². The van der Waals surface area contributed by atoms with Crippen LogP contribution >= 0.6 is 0 Å². The van der Waals surface area contributed by atoms with Crippen molar-refractivity contribution in [2.75, 3.05) is 0 Å². The number of rotatable bonds is 0. The molecule has 0 unspecified atom stereocenters. The minimum Gasteiger partial charge on any atom is -0.244 e. The van der Waals surface area contributed by atoms with E-state index in [9.17, 15) is 0 Å². The van der Waals surface area contributed by atoms with E-state index >= 15 is 0 Å². The Morgan fingerprint density at radius 1 is 1.15 bits per heavy atom. The number of hydrogen-bond donors (Lipinski definition) is 0. The van der Waals surface area contributed by atoms with E-state index in [1.807, 2.05) is 12.3 Å². The minimum atomic E-state index is 0.937. The molecule has 1 aromatic carbocycles. The Balaban J connectivity index is 1.97. The molecule has 0 N–H and O–H groups in total. The van der Waals surface area contributed by atoms with E-state index in [0.29, 0.717) is 0 Å². The van der Waals surface area contributed by atoms with E-state index < -0.39 is 0 Å². The van der Waals surface area contributed by atoms with Gasteiger partial charge in [0.15, 0.2) is 5.52 Å². The van der Waals surface area contributed by atoms with Gasteiger partial charge in [-0.2, -0.15) is 0 Å². The number of hydrogen-bond acceptors (Lipinski definition) is 1. The molecule has 5 rings (SSSR count). The van der Waals surface area contributed by atoms with Gasteiger partial charge in [-0.3, -0.25) is 0 Å². The van der Waals surface area contributed by atoms with Crippen molar-refractivity contribution in [3.8, 4) is 11.3 Å². The van der Waals surface area contributed by atoms with Crippen molar-refractivity contribution in [1.82, 2.24) is 14.0 Å². The second-order valence-electron chi connectivity index (χ2n) is 5.33. The molecule has 0 atom stereocenters. The van der Waals surface area contributed by atoms with Crippen LogP contribution in [0.3, 0.4) is 0 Å². The van der Waals surface area contributed by atoms with Crippen LogP contribution in [0.15, 0.2) is 48.8 Å². The third-order valence-corrected chi connectivity index (χ3v) is 4.26. The van der Waals surface area contributed by atoms with Gasteiger partial charge in [0.1, 0.15) is 5.69 Å². The Morgan fingerprint density at radius 2 is 2.05 bits per heavy atom. The summed E-state index contributed by atoms with van der Waals surface area (Å²) in [5.74, 6) is 1.19. The van der Waals surface area contributed by atoms with Crippen LogP contribution in [0.4, 0.5) is 0 Å². The molecule has 0 aliphatic carbocycles. The van der Waals surface area contributed by atoms with Crippen LogP contribution in [0.25, 0.3) is 28.2 Å². The molecule has 4 heteroatoms. The van der Waals surface area contributed by atoms with Gasteiger partial charge in [-0.15, -0.1) is 4.98 Å². The van der Waals surface area contributed by atoms with Crippen LogP contribution in [0.2, 0.25) is 0 Å². The predicted molar refractivity (Wildman–Crippen MR) is 76.4 cm³/mol. The van der Waals surface area contributed by atoms with E-state index in [1.54, 1.807) is 0 Å². The molecule has 0 fully saturated rings. The largest absolute Gasteiger partial charge is 0.329 e. The number of imidazole rings is 2. The molecule has 0 bridgehead atoms. The topological polar surface area (TPSA) is 26.1 Å². The molecule has 1 aliphatic heterocycles. The first kappa shape index (κ1) is 10.2. The summed E-state index contributed by atoms with van der Waals surface area (Å²) >= 11 is 0. The Bertz CT molecular complexity index is 990. The highest BCUT2D eigenvalue weighted by molar-refractivity contribution is 5.76. The molecule has 0 saturated heterocycles. The summed E-state index contributed by atoms with van der Waals surface area (Å²) in [7, 11) is 2.08. The smallest absolute Gasteiger partial charge is 0.244 e. The number of aromatic nitrogens is 4. The molecule has 1 aliphatic rings. The summed E-state index contributed by atoms with van der Waals surface area (Å²) in [6.45, 7) is 0.937. The first-order valence-electron chi connectivity index (χ1n) is 6.77. The van der Waals surface area contributed by atoms with Crippen molar-refractivity contribution in [3.05, 3.63) is 54.4 Å². The van der Waals surface area contributed by atoms with Gasteiger partial charge in [0.2, 0.25) is 0 Å². The maximum Gasteiger partial charge on any atom is 0.329 e. The number of aryl methyl sites for hydroxylation is 1. The quantitative estimate of drug-likeness (QED) is 0.392. The fourth-order valence-corrected chi connectivity index (χ4v) is 3.39. The molecule has 4 aromatic rings. The summed E-state index contributed by atoms with van der Waals surface area (Å²) in [5.41, 5.74) is 6.20. The molecule has 4 nitrogen and oxygen atoms in total. The molecule has 96 valence electrons. The van der Waals surface area contributed by atoms with Crippen molar-refractivity contribution in [2.24, 2.45) is 7.05 Å². The summed E-state index contributed by atoms with van der Waals surface area (Å²) in [5, 5.41) is 0. The van der Waals surface area contributed by atoms with Gasteiger partial charge >= 0.3 is 5.78 Å². The molecule has 3 aromatic heterocycles. The second kappa shape index (κ2) is 3.28. The number of pyridine rings is 1. The Kier molecular flexibility index (Phi) is 1.67. The fourth-order valence-electron chi connectivity index (χ4n) is 3.39. The molecule has 0 saturated carbocycles. The van der Waals surface area contributed by atoms with Crippen LogP contribution < -0.4 is 4.57 Å². The molecule has 20 heavy (non-hydrogen) atoms. The highest BCUT2D eigenvalue weighted by Gasteiger charge is 2.29. The van der Waals surface area contributed by atoms with Crippen molar-refractivity contribution in [1.29, 1.82) is 0 Å². The monoisotopic (exact) mass is 261 g/mol. The zero-order valence-electron chi connectivity index (χ0n) is 11.1. The molecular formula is C16H13N4+. The number of benzene rings is 1. The summed E-state index contributed by atoms with van der Waals surface area (Å²) < 4.78 is 6.78. The van der Waals surface area contributed by atoms with Gasteiger partial charge in [-0.25, -0.2) is 13.5 Å². The lowest BCUT2D eigenvalue weighted by molar-refractivity contribution is -0.623. The zero-order chi connectivity index (χ0) is 13.3. The molecule has 0 spiro atoms. The third-order valence-electron chi connectivity index (χ3n) is 4.26. The highest BCUT2D eigenvalue weighted by atomic mass is 15.3. The lowest BCUT2D eigenvalue weighted by atomic mass is 10.1. The van der Waals surface area contributed by atoms with Gasteiger partial charge in [-0.05, 0) is 17.7 Å². The average Bonchev–Trinajstić information content (AvgIpc) is 3.09. The third kappa shape index (κ3) is 1.04. The predicted octanol–water partition coefficient (Wildman–Crippen LogP) is 2.14. The van der Waals surface area contributed by atoms with Crippen LogP contribution in [0, 0.1) is 0 Å². The summed E-state index contributed by atoms with van der Waals surface area (Å²) in [4.78, 5) is 4.49. The van der Waals surface area contributed by atoms with E-state index in [0.717, 1.165) is 17.7 Å². The second-order valence-corrected chi connectivity index (χ2v) is 5.33. The fraction of sp³-hybridized carbons (Fsp3) is 0.125. The maximum absolute atomic E-state index is 4.49. The summed E-state index contributed by atoms with van der Waals surface area (Å²) in [6.07, 6.45) is 4.08. The molecule has 0 radical (unpaired) electrons. The SMILES string of the molecule is C[n+]1c2ncccc2n2cc3n(c21)Cc1ccccc1-3. The van der Waals surface area contributed by atoms with Gasteiger partial charge in [0, 0.05) is 5.56 Å². The van der Waals surface area contributed by atoms with Crippen LogP contribution in [-0.2, 0) is 13.6 Å². The first-order chi connectivity index (χ1) is 9.84. The van der Waals surface area contributed by atoms with Crippen LogP contribution in [-0.4, -0.2) is 14.0 Å². The van der Waals surface area contributed by atoms with Crippen molar-refractivity contribution < 1.29 is 4.57 Å². The van der Waals surface area contributed by atoms with E-state index in [1.165, 1.54) is 22.6 Å². The normalized spacial score (nSPS) is 13.1. The van der Waals surface area contributed by atoms with E-state index in [2.05, 4.69) is 62.1 Å². The highest BCUT2D eigenvalue weighted by Crippen LogP contribution is 2.34. The number of fused-ring (bicyclic) bond motifs is 7. The standard InChI is InChI=1S/C16H13N4/c1-18-15-13(7-4-8-17-15)20-10-14-12-6-3-2-5-11(12)9-19(14)16(18)20/h2-8,10H,9H2,1H3/q+1. The van der Waals surface area contributed by atoms with Crippen molar-refractivity contribution in [3.63, 3.8) is 0 Å². The van der Waals surface area contributed by atoms with Gasteiger partial charge in [0.25, 0.3) is 5.65 Å². The lowest BCUT2D eigenvalue weighted by Crippen LogP contribution is -2.30. The van der Waals surface area contributed by atoms with Crippen molar-refractivity contribution in [2.45, 2.75) is 6.54 Å². The van der Waals surface area contributed by atoms with Crippen LogP contribution in [0.1, 0.15) is 5.56 Å².